The van der Waals surface area contributed by atoms with Gasteiger partial charge in [-0.3, -0.25) is 0 Å². The SMILES string of the molecule is COc1ccc(CCNC(=S)NCC[NH+](C)C)cc1OC. The summed E-state index contributed by atoms with van der Waals surface area (Å²) in [6, 6.07) is 5.95. The highest BCUT2D eigenvalue weighted by Gasteiger charge is 2.04. The largest absolute Gasteiger partial charge is 0.493 e. The number of quaternary nitrogens is 1. The van der Waals surface area contributed by atoms with E-state index in [1.165, 1.54) is 10.5 Å². The molecule has 0 aliphatic carbocycles. The molecule has 1 aromatic rings. The fourth-order valence-electron chi connectivity index (χ4n) is 1.85. The number of thiocarbonyl (C=S) groups is 1. The Kier molecular flexibility index (Phi) is 7.85. The van der Waals surface area contributed by atoms with Gasteiger partial charge in [-0.1, -0.05) is 6.07 Å². The second-order valence-corrected chi connectivity index (χ2v) is 5.49. The Hall–Kier alpha value is -1.53. The van der Waals surface area contributed by atoms with Gasteiger partial charge >= 0.3 is 0 Å². The van der Waals surface area contributed by atoms with Gasteiger partial charge in [0.25, 0.3) is 0 Å². The molecule has 1 rings (SSSR count). The summed E-state index contributed by atoms with van der Waals surface area (Å²) in [6.07, 6.45) is 0.876. The molecule has 0 saturated heterocycles. The molecule has 0 aromatic heterocycles. The molecule has 0 aliphatic heterocycles. The van der Waals surface area contributed by atoms with E-state index in [1.807, 2.05) is 18.2 Å². The van der Waals surface area contributed by atoms with Gasteiger partial charge < -0.3 is 25.0 Å². The summed E-state index contributed by atoms with van der Waals surface area (Å²) < 4.78 is 10.5. The van der Waals surface area contributed by atoms with Crippen molar-refractivity contribution in [3.63, 3.8) is 0 Å². The molecule has 0 atom stereocenters. The lowest BCUT2D eigenvalue weighted by Crippen LogP contribution is -3.06. The van der Waals surface area contributed by atoms with E-state index in [-0.39, 0.29) is 0 Å². The Labute approximate surface area is 132 Å². The van der Waals surface area contributed by atoms with Gasteiger partial charge in [0.15, 0.2) is 16.6 Å². The van der Waals surface area contributed by atoms with Crippen LogP contribution in [0.5, 0.6) is 11.5 Å². The van der Waals surface area contributed by atoms with Crippen LogP contribution in [0.3, 0.4) is 0 Å². The van der Waals surface area contributed by atoms with Crippen LogP contribution in [0.1, 0.15) is 5.56 Å². The van der Waals surface area contributed by atoms with E-state index in [9.17, 15) is 0 Å². The molecule has 3 N–H and O–H groups in total. The van der Waals surface area contributed by atoms with Gasteiger partial charge in [-0.25, -0.2) is 0 Å². The fourth-order valence-corrected chi connectivity index (χ4v) is 2.05. The van der Waals surface area contributed by atoms with Gasteiger partial charge in [0.1, 0.15) is 0 Å². The van der Waals surface area contributed by atoms with Crippen molar-refractivity contribution in [2.24, 2.45) is 0 Å². The standard InChI is InChI=1S/C15H25N3O2S/c1-18(2)10-9-17-15(21)16-8-7-12-5-6-13(19-3)14(11-12)20-4/h5-6,11H,7-10H2,1-4H3,(H2,16,17,21)/p+1. The van der Waals surface area contributed by atoms with Crippen LogP contribution in [0.15, 0.2) is 18.2 Å². The lowest BCUT2D eigenvalue weighted by Gasteiger charge is -2.13. The zero-order valence-corrected chi connectivity index (χ0v) is 14.1. The average molecular weight is 312 g/mol. The summed E-state index contributed by atoms with van der Waals surface area (Å²) in [6.45, 7) is 2.71. The number of nitrogens with one attached hydrogen (secondary N) is 3. The lowest BCUT2D eigenvalue weighted by molar-refractivity contribution is -0.856. The number of likely N-dealkylation sites (N-methyl/N-ethyl adjacent to an activating group) is 1. The lowest BCUT2D eigenvalue weighted by atomic mass is 10.1. The number of hydrogen-bond donors (Lipinski definition) is 3. The van der Waals surface area contributed by atoms with Crippen molar-refractivity contribution in [2.75, 3.05) is 47.9 Å². The van der Waals surface area contributed by atoms with Crippen LogP contribution >= 0.6 is 12.2 Å². The molecular weight excluding hydrogens is 286 g/mol. The quantitative estimate of drug-likeness (QED) is 0.583. The first-order valence-electron chi connectivity index (χ1n) is 7.08. The van der Waals surface area contributed by atoms with Gasteiger partial charge in [0.05, 0.1) is 41.4 Å². The highest BCUT2D eigenvalue weighted by Crippen LogP contribution is 2.27. The number of benzene rings is 1. The smallest absolute Gasteiger partial charge is 0.166 e. The topological polar surface area (TPSA) is 47.0 Å². The molecular formula is C15H26N3O2S+. The molecule has 0 radical (unpaired) electrons. The Bertz CT molecular complexity index is 453. The third-order valence-electron chi connectivity index (χ3n) is 3.06. The molecule has 0 heterocycles. The summed E-state index contributed by atoms with van der Waals surface area (Å²) in [7, 11) is 7.52. The molecule has 1 aromatic carbocycles. The number of ether oxygens (including phenoxy) is 2. The van der Waals surface area contributed by atoms with Gasteiger partial charge in [0.2, 0.25) is 0 Å². The van der Waals surface area contributed by atoms with E-state index >= 15 is 0 Å². The summed E-state index contributed by atoms with van der Waals surface area (Å²) in [4.78, 5) is 1.40. The van der Waals surface area contributed by atoms with E-state index in [4.69, 9.17) is 21.7 Å². The fraction of sp³-hybridized carbons (Fsp3) is 0.533. The second kappa shape index (κ2) is 9.41. The normalized spacial score (nSPS) is 10.3. The Morgan fingerprint density at radius 1 is 1.10 bits per heavy atom. The van der Waals surface area contributed by atoms with E-state index in [2.05, 4.69) is 24.7 Å². The summed E-state index contributed by atoms with van der Waals surface area (Å²) in [5, 5.41) is 7.11. The minimum Gasteiger partial charge on any atom is -0.493 e. The minimum absolute atomic E-state index is 0.705. The number of hydrogen-bond acceptors (Lipinski definition) is 3. The highest BCUT2D eigenvalue weighted by molar-refractivity contribution is 7.80. The molecule has 0 bridgehead atoms. The first-order chi connectivity index (χ1) is 10.1. The van der Waals surface area contributed by atoms with Crippen molar-refractivity contribution < 1.29 is 14.4 Å². The van der Waals surface area contributed by atoms with Crippen molar-refractivity contribution in [3.8, 4) is 11.5 Å². The highest BCUT2D eigenvalue weighted by atomic mass is 32.1. The summed E-state index contributed by atoms with van der Waals surface area (Å²) in [5.41, 5.74) is 1.18. The molecule has 0 saturated carbocycles. The molecule has 5 nitrogen and oxygen atoms in total. The molecule has 0 amide bonds. The van der Waals surface area contributed by atoms with Crippen LogP contribution < -0.4 is 25.0 Å². The third kappa shape index (κ3) is 6.64. The van der Waals surface area contributed by atoms with Crippen molar-refractivity contribution in [1.82, 2.24) is 10.6 Å². The maximum atomic E-state index is 5.29. The first-order valence-corrected chi connectivity index (χ1v) is 7.49. The zero-order chi connectivity index (χ0) is 15.7. The van der Waals surface area contributed by atoms with Crippen LogP contribution in [-0.4, -0.2) is 53.1 Å². The number of rotatable bonds is 8. The van der Waals surface area contributed by atoms with Crippen molar-refractivity contribution >= 4 is 17.3 Å². The maximum Gasteiger partial charge on any atom is 0.166 e. The summed E-state index contributed by atoms with van der Waals surface area (Å²) in [5.74, 6) is 1.50. The first kappa shape index (κ1) is 17.5. The predicted octanol–water partition coefficient (Wildman–Crippen LogP) is -0.145. The van der Waals surface area contributed by atoms with E-state index < -0.39 is 0 Å². The Morgan fingerprint density at radius 2 is 1.76 bits per heavy atom. The van der Waals surface area contributed by atoms with E-state index in [0.717, 1.165) is 37.6 Å². The zero-order valence-electron chi connectivity index (χ0n) is 13.3. The predicted molar refractivity (Wildman–Crippen MR) is 89.5 cm³/mol. The molecule has 0 unspecified atom stereocenters. The van der Waals surface area contributed by atoms with Crippen LogP contribution in [0, 0.1) is 0 Å². The van der Waals surface area contributed by atoms with Crippen LogP contribution in [0.2, 0.25) is 0 Å². The van der Waals surface area contributed by atoms with Crippen LogP contribution in [0.25, 0.3) is 0 Å². The summed E-state index contributed by atoms with van der Waals surface area (Å²) >= 11 is 5.23. The minimum atomic E-state index is 0.705. The van der Waals surface area contributed by atoms with Gasteiger partial charge in [0, 0.05) is 6.54 Å². The van der Waals surface area contributed by atoms with E-state index in [1.54, 1.807) is 14.2 Å². The average Bonchev–Trinajstić information content (AvgIpc) is 2.46. The van der Waals surface area contributed by atoms with Crippen molar-refractivity contribution in [1.29, 1.82) is 0 Å². The molecule has 6 heteroatoms. The monoisotopic (exact) mass is 312 g/mol. The molecule has 118 valence electrons. The van der Waals surface area contributed by atoms with Gasteiger partial charge in [-0.15, -0.1) is 0 Å². The molecule has 0 spiro atoms. The van der Waals surface area contributed by atoms with Crippen LogP contribution in [0.4, 0.5) is 0 Å². The second-order valence-electron chi connectivity index (χ2n) is 5.08. The third-order valence-corrected chi connectivity index (χ3v) is 3.35. The van der Waals surface area contributed by atoms with E-state index in [0.29, 0.717) is 5.11 Å². The maximum absolute atomic E-state index is 5.29. The van der Waals surface area contributed by atoms with Crippen molar-refractivity contribution in [2.45, 2.75) is 6.42 Å². The molecule has 21 heavy (non-hydrogen) atoms. The Morgan fingerprint density at radius 3 is 2.38 bits per heavy atom. The molecule has 0 fully saturated rings. The Balaban J connectivity index is 2.33. The van der Waals surface area contributed by atoms with Gasteiger partial charge in [-0.2, -0.15) is 0 Å². The number of methoxy groups -OCH3 is 2. The van der Waals surface area contributed by atoms with Crippen LogP contribution in [-0.2, 0) is 6.42 Å². The van der Waals surface area contributed by atoms with Gasteiger partial charge in [-0.05, 0) is 36.3 Å². The molecule has 0 aliphatic rings. The van der Waals surface area contributed by atoms with Crippen molar-refractivity contribution in [3.05, 3.63) is 23.8 Å².